The molecule has 1 amide bonds. The summed E-state index contributed by atoms with van der Waals surface area (Å²) in [4.78, 5) is 11.9. The van der Waals surface area contributed by atoms with Crippen LogP contribution in [0.4, 0.5) is 5.82 Å². The van der Waals surface area contributed by atoms with E-state index in [9.17, 15) is 4.79 Å². The first-order chi connectivity index (χ1) is 11.7. The molecule has 0 saturated heterocycles. The van der Waals surface area contributed by atoms with Gasteiger partial charge in [-0.1, -0.05) is 16.9 Å². The topological polar surface area (TPSA) is 108 Å². The van der Waals surface area contributed by atoms with E-state index in [1.54, 1.807) is 24.8 Å². The highest BCUT2D eigenvalue weighted by atomic mass is 32.2. The molecule has 3 aromatic rings. The number of rotatable bonds is 6. The number of ether oxygens (including phenoxy) is 1. The number of anilines is 1. The number of carbonyl (C=O) groups excluding carboxylic acids is 1. The van der Waals surface area contributed by atoms with Crippen molar-refractivity contribution in [3.05, 3.63) is 36.1 Å². The maximum atomic E-state index is 11.9. The number of hydrogen-bond donors (Lipinski definition) is 1. The molecule has 24 heavy (non-hydrogen) atoms. The molecule has 2 aromatic heterocycles. The summed E-state index contributed by atoms with van der Waals surface area (Å²) >= 11 is 1.22. The predicted molar refractivity (Wildman–Crippen MR) is 86.3 cm³/mol. The summed E-state index contributed by atoms with van der Waals surface area (Å²) in [7, 11) is 1.60. The van der Waals surface area contributed by atoms with E-state index in [-0.39, 0.29) is 11.7 Å². The number of thioether (sulfide) groups is 1. The van der Waals surface area contributed by atoms with Crippen LogP contribution in [0, 0.1) is 6.92 Å². The van der Waals surface area contributed by atoms with E-state index in [0.717, 1.165) is 11.4 Å². The fourth-order valence-electron chi connectivity index (χ4n) is 1.89. The van der Waals surface area contributed by atoms with Gasteiger partial charge in [-0.2, -0.15) is 4.68 Å². The van der Waals surface area contributed by atoms with Crippen LogP contribution in [0.25, 0.3) is 5.69 Å². The lowest BCUT2D eigenvalue weighted by Gasteiger charge is -2.05. The Kier molecular flexibility index (Phi) is 4.75. The third-order valence-corrected chi connectivity index (χ3v) is 3.91. The van der Waals surface area contributed by atoms with E-state index in [1.807, 2.05) is 24.3 Å². The third-order valence-electron chi connectivity index (χ3n) is 2.99. The fraction of sp³-hybridized carbons (Fsp3) is 0.214. The van der Waals surface area contributed by atoms with Gasteiger partial charge in [0.25, 0.3) is 0 Å². The molecule has 124 valence electrons. The second-order valence-electron chi connectivity index (χ2n) is 4.73. The van der Waals surface area contributed by atoms with Crippen molar-refractivity contribution in [2.75, 3.05) is 18.2 Å². The molecule has 0 aliphatic heterocycles. The molecule has 0 unspecified atom stereocenters. The monoisotopic (exact) mass is 346 g/mol. The van der Waals surface area contributed by atoms with E-state index in [4.69, 9.17) is 9.26 Å². The van der Waals surface area contributed by atoms with Crippen LogP contribution in [-0.2, 0) is 4.79 Å². The maximum Gasteiger partial charge on any atom is 0.236 e. The standard InChI is InChI=1S/C14H14N6O3S/c1-9-7-12(17-23-9)15-13(21)8-24-14-16-18-19-20(14)10-3-5-11(22-2)6-4-10/h3-7H,8H2,1-2H3,(H,15,17,21). The highest BCUT2D eigenvalue weighted by Crippen LogP contribution is 2.20. The summed E-state index contributed by atoms with van der Waals surface area (Å²) in [5, 5.41) is 18.4. The van der Waals surface area contributed by atoms with Crippen LogP contribution < -0.4 is 10.1 Å². The largest absolute Gasteiger partial charge is 0.497 e. The number of hydrogen-bond acceptors (Lipinski definition) is 8. The van der Waals surface area contributed by atoms with Gasteiger partial charge in [0.2, 0.25) is 11.1 Å². The lowest BCUT2D eigenvalue weighted by atomic mass is 10.3. The Morgan fingerprint density at radius 2 is 2.17 bits per heavy atom. The Labute approximate surface area is 141 Å². The summed E-state index contributed by atoms with van der Waals surface area (Å²) in [6.45, 7) is 1.75. The molecule has 3 rings (SSSR count). The lowest BCUT2D eigenvalue weighted by Crippen LogP contribution is -2.14. The van der Waals surface area contributed by atoms with E-state index in [0.29, 0.717) is 16.7 Å². The highest BCUT2D eigenvalue weighted by Gasteiger charge is 2.13. The number of benzene rings is 1. The molecule has 1 aromatic carbocycles. The normalized spacial score (nSPS) is 10.6. The Bertz CT molecular complexity index is 829. The molecule has 0 aliphatic carbocycles. The fourth-order valence-corrected chi connectivity index (χ4v) is 2.58. The number of nitrogens with zero attached hydrogens (tertiary/aromatic N) is 5. The van der Waals surface area contributed by atoms with Crippen molar-refractivity contribution in [2.24, 2.45) is 0 Å². The maximum absolute atomic E-state index is 11.9. The number of carbonyl (C=O) groups is 1. The van der Waals surface area contributed by atoms with Crippen LogP contribution in [0.3, 0.4) is 0 Å². The average molecular weight is 346 g/mol. The van der Waals surface area contributed by atoms with Gasteiger partial charge in [-0.3, -0.25) is 4.79 Å². The second-order valence-corrected chi connectivity index (χ2v) is 5.67. The number of amides is 1. The van der Waals surface area contributed by atoms with Gasteiger partial charge in [-0.25, -0.2) is 0 Å². The molecule has 1 N–H and O–H groups in total. The van der Waals surface area contributed by atoms with Crippen molar-refractivity contribution in [3.63, 3.8) is 0 Å². The van der Waals surface area contributed by atoms with Gasteiger partial charge in [0.1, 0.15) is 11.5 Å². The first-order valence-electron chi connectivity index (χ1n) is 6.94. The van der Waals surface area contributed by atoms with Crippen molar-refractivity contribution >= 4 is 23.5 Å². The van der Waals surface area contributed by atoms with Crippen LogP contribution >= 0.6 is 11.8 Å². The van der Waals surface area contributed by atoms with Crippen molar-refractivity contribution in [1.82, 2.24) is 25.4 Å². The molecule has 2 heterocycles. The zero-order valence-electron chi connectivity index (χ0n) is 13.0. The minimum atomic E-state index is -0.224. The summed E-state index contributed by atoms with van der Waals surface area (Å²) in [5.41, 5.74) is 0.774. The number of methoxy groups -OCH3 is 1. The molecule has 0 radical (unpaired) electrons. The third kappa shape index (κ3) is 3.71. The van der Waals surface area contributed by atoms with Gasteiger partial charge in [0.05, 0.1) is 18.6 Å². The van der Waals surface area contributed by atoms with Crippen LogP contribution in [0.5, 0.6) is 5.75 Å². The molecular formula is C14H14N6O3S. The van der Waals surface area contributed by atoms with Crippen LogP contribution in [-0.4, -0.2) is 44.1 Å². The lowest BCUT2D eigenvalue weighted by molar-refractivity contribution is -0.113. The van der Waals surface area contributed by atoms with Gasteiger partial charge in [0, 0.05) is 6.07 Å². The Balaban J connectivity index is 1.63. The summed E-state index contributed by atoms with van der Waals surface area (Å²) < 4.78 is 11.6. The first-order valence-corrected chi connectivity index (χ1v) is 7.93. The van der Waals surface area contributed by atoms with Crippen molar-refractivity contribution in [2.45, 2.75) is 12.1 Å². The van der Waals surface area contributed by atoms with Crippen LogP contribution in [0.2, 0.25) is 0 Å². The molecule has 9 nitrogen and oxygen atoms in total. The number of aryl methyl sites for hydroxylation is 1. The summed E-state index contributed by atoms with van der Waals surface area (Å²) in [6.07, 6.45) is 0. The minimum absolute atomic E-state index is 0.141. The zero-order valence-corrected chi connectivity index (χ0v) is 13.8. The van der Waals surface area contributed by atoms with Gasteiger partial charge in [-0.15, -0.1) is 5.10 Å². The van der Waals surface area contributed by atoms with Gasteiger partial charge in [0.15, 0.2) is 5.82 Å². The van der Waals surface area contributed by atoms with E-state index in [2.05, 4.69) is 26.0 Å². The molecule has 0 fully saturated rings. The van der Waals surface area contributed by atoms with Crippen molar-refractivity contribution < 1.29 is 14.1 Å². The quantitative estimate of drug-likeness (QED) is 0.672. The molecule has 0 aliphatic rings. The summed E-state index contributed by atoms with van der Waals surface area (Å²) in [6, 6.07) is 8.93. The van der Waals surface area contributed by atoms with E-state index in [1.165, 1.54) is 11.8 Å². The molecule has 0 saturated carbocycles. The van der Waals surface area contributed by atoms with Crippen LogP contribution in [0.1, 0.15) is 5.76 Å². The number of tetrazole rings is 1. The van der Waals surface area contributed by atoms with Gasteiger partial charge in [-0.05, 0) is 41.6 Å². The van der Waals surface area contributed by atoms with Crippen molar-refractivity contribution in [1.29, 1.82) is 0 Å². The molecule has 0 bridgehead atoms. The number of aromatic nitrogens is 5. The Morgan fingerprint density at radius 3 is 2.83 bits per heavy atom. The molecular weight excluding hydrogens is 332 g/mol. The molecule has 0 atom stereocenters. The second kappa shape index (κ2) is 7.13. The van der Waals surface area contributed by atoms with E-state index >= 15 is 0 Å². The molecule has 10 heteroatoms. The zero-order chi connectivity index (χ0) is 16.9. The first kappa shape index (κ1) is 16.0. The minimum Gasteiger partial charge on any atom is -0.497 e. The Hall–Kier alpha value is -2.88. The van der Waals surface area contributed by atoms with E-state index < -0.39 is 0 Å². The summed E-state index contributed by atoms with van der Waals surface area (Å²) in [5.74, 6) is 1.66. The van der Waals surface area contributed by atoms with Crippen LogP contribution in [0.15, 0.2) is 40.0 Å². The SMILES string of the molecule is COc1ccc(-n2nnnc2SCC(=O)Nc2cc(C)on2)cc1. The number of nitrogens with one attached hydrogen (secondary N) is 1. The molecule has 0 spiro atoms. The average Bonchev–Trinajstić information content (AvgIpc) is 3.22. The van der Waals surface area contributed by atoms with Crippen molar-refractivity contribution in [3.8, 4) is 11.4 Å². The Morgan fingerprint density at radius 1 is 1.38 bits per heavy atom. The predicted octanol–water partition coefficient (Wildman–Crippen LogP) is 1.70. The van der Waals surface area contributed by atoms with Gasteiger partial charge < -0.3 is 14.6 Å². The smallest absolute Gasteiger partial charge is 0.236 e. The highest BCUT2D eigenvalue weighted by molar-refractivity contribution is 7.99. The van der Waals surface area contributed by atoms with Gasteiger partial charge >= 0.3 is 0 Å².